The smallest absolute Gasteiger partial charge is 0.301 e. The molecule has 0 aliphatic carbocycles. The number of carbonyl (C=O) groups is 2. The van der Waals surface area contributed by atoms with Crippen molar-refractivity contribution >= 4 is 80.5 Å². The van der Waals surface area contributed by atoms with Gasteiger partial charge in [-0.1, -0.05) is 100 Å². The van der Waals surface area contributed by atoms with Crippen LogP contribution in [0.3, 0.4) is 0 Å². The van der Waals surface area contributed by atoms with E-state index in [1.165, 1.54) is 16.7 Å². The minimum Gasteiger partial charge on any atom is -0.507 e. The molecule has 6 rings (SSSR count). The Balaban J connectivity index is 1.29. The monoisotopic (exact) mass is 707 g/mol. The number of aliphatic hydroxyl groups excluding tert-OH is 1. The summed E-state index contributed by atoms with van der Waals surface area (Å²) >= 11 is 21.0. The molecule has 2 heterocycles. The molecule has 5 aromatic rings. The highest BCUT2D eigenvalue weighted by Crippen LogP contribution is 2.44. The van der Waals surface area contributed by atoms with E-state index in [1.807, 2.05) is 37.3 Å². The van der Waals surface area contributed by atoms with Gasteiger partial charge < -0.3 is 9.84 Å². The normalized spacial score (nSPS) is 15.8. The van der Waals surface area contributed by atoms with E-state index in [9.17, 15) is 14.7 Å². The Labute approximate surface area is 288 Å². The second-order valence-electron chi connectivity index (χ2n) is 10.3. The zero-order chi connectivity index (χ0) is 32.4. The average Bonchev–Trinajstić information content (AvgIpc) is 3.62. The fourth-order valence-electron chi connectivity index (χ4n) is 4.92. The van der Waals surface area contributed by atoms with Crippen LogP contribution in [-0.4, -0.2) is 27.0 Å². The van der Waals surface area contributed by atoms with Gasteiger partial charge in [0.15, 0.2) is 4.34 Å². The molecule has 0 bridgehead atoms. The van der Waals surface area contributed by atoms with Crippen molar-refractivity contribution in [3.8, 4) is 5.75 Å². The summed E-state index contributed by atoms with van der Waals surface area (Å²) in [5.74, 6) is -0.895. The number of thioether (sulfide) groups is 1. The molecule has 1 saturated heterocycles. The van der Waals surface area contributed by atoms with Gasteiger partial charge in [0.05, 0.1) is 11.6 Å². The molecule has 1 atom stereocenters. The van der Waals surface area contributed by atoms with Gasteiger partial charge in [-0.15, -0.1) is 10.2 Å². The molecule has 12 heteroatoms. The number of carbonyl (C=O) groups excluding carboxylic acids is 2. The molecule has 46 heavy (non-hydrogen) atoms. The molecule has 0 spiro atoms. The third kappa shape index (κ3) is 6.79. The number of Topliss-reactive ketones (excluding diaryl/α,β-unsaturated/α-hetero) is 1. The van der Waals surface area contributed by atoms with Crippen LogP contribution >= 0.6 is 57.9 Å². The Morgan fingerprint density at radius 1 is 0.913 bits per heavy atom. The highest BCUT2D eigenvalue weighted by molar-refractivity contribution is 8.00. The first kappa shape index (κ1) is 32.1. The largest absolute Gasteiger partial charge is 0.507 e. The van der Waals surface area contributed by atoms with Gasteiger partial charge in [-0.2, -0.15) is 0 Å². The van der Waals surface area contributed by atoms with Crippen molar-refractivity contribution in [1.29, 1.82) is 0 Å². The molecule has 0 saturated carbocycles. The van der Waals surface area contributed by atoms with Crippen LogP contribution in [0.25, 0.3) is 5.76 Å². The van der Waals surface area contributed by atoms with Gasteiger partial charge in [-0.25, -0.2) is 0 Å². The van der Waals surface area contributed by atoms with Crippen LogP contribution in [0.15, 0.2) is 101 Å². The second kappa shape index (κ2) is 13.9. The van der Waals surface area contributed by atoms with Crippen LogP contribution in [0, 0.1) is 6.92 Å². The van der Waals surface area contributed by atoms with Crippen molar-refractivity contribution in [3.63, 3.8) is 0 Å². The number of aliphatic hydroxyl groups is 1. The number of amides is 1. The standard InChI is InChI=1S/C34H24Cl3N3O4S2/c1-19-4-2-3-5-22(19)17-44-26-14-9-21(10-15-26)30(41)28-29(20-6-11-24(35)12-7-20)40(32(43)31(28)42)33-38-39-34(46-33)45-18-23-8-13-25(36)16-27(23)37/h2-16,29,41H,17-18H2,1H3/b30-28+. The number of aryl methyl sites for hydroxylation is 1. The first-order valence-electron chi connectivity index (χ1n) is 13.9. The molecule has 1 aliphatic rings. The Kier molecular flexibility index (Phi) is 9.67. The fraction of sp³-hybridized carbons (Fsp3) is 0.118. The topological polar surface area (TPSA) is 92.6 Å². The van der Waals surface area contributed by atoms with Gasteiger partial charge in [0.2, 0.25) is 5.13 Å². The minimum atomic E-state index is -0.967. The Morgan fingerprint density at radius 2 is 1.63 bits per heavy atom. The number of ketones is 1. The number of benzene rings is 4. The van der Waals surface area contributed by atoms with Gasteiger partial charge in [0, 0.05) is 26.4 Å². The van der Waals surface area contributed by atoms with Crippen molar-refractivity contribution in [2.24, 2.45) is 0 Å². The Bertz CT molecular complexity index is 1960. The number of hydrogen-bond acceptors (Lipinski definition) is 8. The molecule has 1 amide bonds. The summed E-state index contributed by atoms with van der Waals surface area (Å²) in [4.78, 5) is 28.4. The Hall–Kier alpha value is -3.86. The zero-order valence-electron chi connectivity index (χ0n) is 24.1. The number of hydrogen-bond donors (Lipinski definition) is 1. The predicted molar refractivity (Wildman–Crippen MR) is 184 cm³/mol. The van der Waals surface area contributed by atoms with Crippen LogP contribution < -0.4 is 9.64 Å². The van der Waals surface area contributed by atoms with Crippen molar-refractivity contribution in [3.05, 3.63) is 139 Å². The van der Waals surface area contributed by atoms with E-state index >= 15 is 0 Å². The summed E-state index contributed by atoms with van der Waals surface area (Å²) in [5.41, 5.74) is 3.90. The summed E-state index contributed by atoms with van der Waals surface area (Å²) in [5, 5.41) is 21.8. The zero-order valence-corrected chi connectivity index (χ0v) is 28.0. The van der Waals surface area contributed by atoms with Gasteiger partial charge in [0.25, 0.3) is 5.78 Å². The molecule has 1 aromatic heterocycles. The van der Waals surface area contributed by atoms with Crippen molar-refractivity contribution < 1.29 is 19.4 Å². The molecule has 0 radical (unpaired) electrons. The highest BCUT2D eigenvalue weighted by Gasteiger charge is 2.48. The summed E-state index contributed by atoms with van der Waals surface area (Å²) in [7, 11) is 0. The lowest BCUT2D eigenvalue weighted by molar-refractivity contribution is -0.132. The first-order valence-corrected chi connectivity index (χ1v) is 16.9. The van der Waals surface area contributed by atoms with Gasteiger partial charge >= 0.3 is 5.91 Å². The third-order valence-electron chi connectivity index (χ3n) is 7.38. The third-order valence-corrected chi connectivity index (χ3v) is 10.3. The number of anilines is 1. The molecular weight excluding hydrogens is 685 g/mol. The number of ether oxygens (including phenoxy) is 1. The van der Waals surface area contributed by atoms with Gasteiger partial charge in [-0.3, -0.25) is 14.5 Å². The maximum atomic E-state index is 13.6. The van der Waals surface area contributed by atoms with Crippen LogP contribution in [0.2, 0.25) is 15.1 Å². The van der Waals surface area contributed by atoms with E-state index in [4.69, 9.17) is 39.5 Å². The number of aromatic nitrogens is 2. The van der Waals surface area contributed by atoms with Crippen molar-refractivity contribution in [1.82, 2.24) is 10.2 Å². The molecule has 1 fully saturated rings. The van der Waals surface area contributed by atoms with E-state index in [0.29, 0.717) is 48.6 Å². The second-order valence-corrected chi connectivity index (χ2v) is 13.8. The summed E-state index contributed by atoms with van der Waals surface area (Å²) in [6, 6.07) is 25.7. The van der Waals surface area contributed by atoms with E-state index in [2.05, 4.69) is 10.2 Å². The number of rotatable bonds is 9. The molecule has 1 unspecified atom stereocenters. The SMILES string of the molecule is Cc1ccccc1COc1ccc(/C(O)=C2\C(=O)C(=O)N(c3nnc(SCc4ccc(Cl)cc4Cl)s3)C2c2ccc(Cl)cc2)cc1. The van der Waals surface area contributed by atoms with Gasteiger partial charge in [0.1, 0.15) is 18.1 Å². The summed E-state index contributed by atoms with van der Waals surface area (Å²) in [6.45, 7) is 2.40. The minimum absolute atomic E-state index is 0.0711. The van der Waals surface area contributed by atoms with Crippen LogP contribution in [-0.2, 0) is 21.9 Å². The van der Waals surface area contributed by atoms with E-state index in [1.54, 1.807) is 60.7 Å². The maximum absolute atomic E-state index is 13.6. The highest BCUT2D eigenvalue weighted by atomic mass is 35.5. The average molecular weight is 709 g/mol. The van der Waals surface area contributed by atoms with Crippen molar-refractivity contribution in [2.45, 2.75) is 29.7 Å². The van der Waals surface area contributed by atoms with E-state index < -0.39 is 17.7 Å². The van der Waals surface area contributed by atoms with E-state index in [0.717, 1.165) is 28.0 Å². The molecule has 7 nitrogen and oxygen atoms in total. The molecular formula is C34H24Cl3N3O4S2. The lowest BCUT2D eigenvalue weighted by atomic mass is 9.95. The maximum Gasteiger partial charge on any atom is 0.301 e. The van der Waals surface area contributed by atoms with Gasteiger partial charge in [-0.05, 0) is 77.7 Å². The summed E-state index contributed by atoms with van der Waals surface area (Å²) in [6.07, 6.45) is 0. The first-order chi connectivity index (χ1) is 22.2. The molecule has 1 aliphatic heterocycles. The molecule has 1 N–H and O–H groups in total. The summed E-state index contributed by atoms with van der Waals surface area (Å²) < 4.78 is 6.51. The van der Waals surface area contributed by atoms with Crippen LogP contribution in [0.5, 0.6) is 5.75 Å². The lowest BCUT2D eigenvalue weighted by Gasteiger charge is -2.22. The molecule has 232 valence electrons. The van der Waals surface area contributed by atoms with Crippen LogP contribution in [0.1, 0.15) is 33.9 Å². The van der Waals surface area contributed by atoms with Crippen LogP contribution in [0.4, 0.5) is 5.13 Å². The number of halogens is 3. The quantitative estimate of drug-likeness (QED) is 0.0537. The molecule has 4 aromatic carbocycles. The Morgan fingerprint density at radius 3 is 2.35 bits per heavy atom. The lowest BCUT2D eigenvalue weighted by Crippen LogP contribution is -2.29. The van der Waals surface area contributed by atoms with E-state index in [-0.39, 0.29) is 16.5 Å². The van der Waals surface area contributed by atoms with Crippen molar-refractivity contribution in [2.75, 3.05) is 4.90 Å². The predicted octanol–water partition coefficient (Wildman–Crippen LogP) is 9.30. The number of nitrogens with zero attached hydrogens (tertiary/aromatic N) is 3. The fourth-order valence-corrected chi connectivity index (χ4v) is 7.48.